The third-order valence-electron chi connectivity index (χ3n) is 5.41. The average Bonchev–Trinajstić information content (AvgIpc) is 3.16. The largest absolute Gasteiger partial charge is 0.345 e. The highest BCUT2D eigenvalue weighted by molar-refractivity contribution is 6.14. The quantitative estimate of drug-likeness (QED) is 0.820. The van der Waals surface area contributed by atoms with Gasteiger partial charge >= 0.3 is 0 Å². The van der Waals surface area contributed by atoms with Crippen molar-refractivity contribution in [2.45, 2.75) is 25.7 Å². The minimum Gasteiger partial charge on any atom is -0.345 e. The fourth-order valence-electron chi connectivity index (χ4n) is 4.07. The molecule has 2 aromatic rings. The lowest BCUT2D eigenvalue weighted by Crippen LogP contribution is -2.37. The van der Waals surface area contributed by atoms with Gasteiger partial charge in [0.1, 0.15) is 0 Å². The molecule has 0 fully saturated rings. The number of benzene rings is 1. The lowest BCUT2D eigenvalue weighted by atomic mass is 9.77. The summed E-state index contributed by atoms with van der Waals surface area (Å²) in [6.45, 7) is 0. The predicted octanol–water partition coefficient (Wildman–Crippen LogP) is 3.21. The van der Waals surface area contributed by atoms with E-state index in [1.54, 1.807) is 24.5 Å². The number of aliphatic imine (C=N–C) groups is 1. The molecule has 1 aromatic carbocycles. The highest BCUT2D eigenvalue weighted by Gasteiger charge is 2.33. The predicted molar refractivity (Wildman–Crippen MR) is 102 cm³/mol. The van der Waals surface area contributed by atoms with Gasteiger partial charge in [-0.05, 0) is 61.6 Å². The minimum atomic E-state index is -0.318. The Morgan fingerprint density at radius 1 is 1.22 bits per heavy atom. The fraction of sp³-hybridized carbons (Fsp3) is 0.238. The second kappa shape index (κ2) is 6.16. The zero-order valence-electron chi connectivity index (χ0n) is 14.7. The molecule has 27 heavy (non-hydrogen) atoms. The van der Waals surface area contributed by atoms with Crippen LogP contribution in [0, 0.1) is 5.92 Å². The highest BCUT2D eigenvalue weighted by atomic mass is 16.2. The Hall–Kier alpha value is -3.28. The molecular formula is C21H18N4O2. The van der Waals surface area contributed by atoms with Gasteiger partial charge in [-0.2, -0.15) is 0 Å². The SMILES string of the molecule is O=C1NC2=CC(=NC(=O)c3ccc4nc[nH]c4c3)C=CC2C2=C1CCCC2. The topological polar surface area (TPSA) is 87.2 Å². The Labute approximate surface area is 155 Å². The van der Waals surface area contributed by atoms with Crippen LogP contribution in [0.15, 0.2) is 64.6 Å². The minimum absolute atomic E-state index is 0.00197. The van der Waals surface area contributed by atoms with E-state index in [0.29, 0.717) is 11.3 Å². The van der Waals surface area contributed by atoms with Crippen molar-refractivity contribution in [3.05, 3.63) is 65.2 Å². The molecule has 6 nitrogen and oxygen atoms in total. The number of carbonyl (C=O) groups excluding carboxylic acids is 2. The van der Waals surface area contributed by atoms with E-state index in [9.17, 15) is 9.59 Å². The van der Waals surface area contributed by atoms with Crippen molar-refractivity contribution < 1.29 is 9.59 Å². The molecule has 2 aliphatic carbocycles. The summed E-state index contributed by atoms with van der Waals surface area (Å²) < 4.78 is 0. The van der Waals surface area contributed by atoms with Crippen molar-refractivity contribution in [1.82, 2.24) is 15.3 Å². The number of fused-ring (bicyclic) bond motifs is 3. The molecule has 134 valence electrons. The Morgan fingerprint density at radius 2 is 2.11 bits per heavy atom. The van der Waals surface area contributed by atoms with Crippen LogP contribution in [-0.4, -0.2) is 27.5 Å². The number of allylic oxidation sites excluding steroid dienone is 3. The van der Waals surface area contributed by atoms with Gasteiger partial charge in [0.25, 0.3) is 11.8 Å². The number of H-pyrrole nitrogens is 1. The Morgan fingerprint density at radius 3 is 3.04 bits per heavy atom. The Bertz CT molecular complexity index is 1100. The summed E-state index contributed by atoms with van der Waals surface area (Å²) in [5, 5.41) is 2.99. The second-order valence-corrected chi connectivity index (χ2v) is 7.08. The van der Waals surface area contributed by atoms with Crippen LogP contribution in [0.25, 0.3) is 11.0 Å². The van der Waals surface area contributed by atoms with Crippen LogP contribution in [-0.2, 0) is 4.79 Å². The van der Waals surface area contributed by atoms with Gasteiger partial charge in [0.15, 0.2) is 0 Å². The number of aromatic amines is 1. The summed E-state index contributed by atoms with van der Waals surface area (Å²) in [7, 11) is 0. The van der Waals surface area contributed by atoms with Crippen molar-refractivity contribution in [3.63, 3.8) is 0 Å². The fourth-order valence-corrected chi connectivity index (χ4v) is 4.07. The maximum Gasteiger partial charge on any atom is 0.277 e. The van der Waals surface area contributed by atoms with Crippen LogP contribution >= 0.6 is 0 Å². The number of hydrogen-bond acceptors (Lipinski definition) is 3. The zero-order chi connectivity index (χ0) is 18.4. The van der Waals surface area contributed by atoms with Gasteiger partial charge in [-0.25, -0.2) is 9.98 Å². The number of carbonyl (C=O) groups is 2. The van der Waals surface area contributed by atoms with Crippen LogP contribution < -0.4 is 5.32 Å². The van der Waals surface area contributed by atoms with E-state index in [-0.39, 0.29) is 17.7 Å². The van der Waals surface area contributed by atoms with Crippen LogP contribution in [0.4, 0.5) is 0 Å². The maximum atomic E-state index is 12.5. The molecule has 5 rings (SSSR count). The third kappa shape index (κ3) is 2.73. The first-order chi connectivity index (χ1) is 13.2. The van der Waals surface area contributed by atoms with Crippen LogP contribution in [0.3, 0.4) is 0 Å². The molecule has 0 saturated carbocycles. The number of amides is 2. The van der Waals surface area contributed by atoms with Crippen molar-refractivity contribution in [1.29, 1.82) is 0 Å². The summed E-state index contributed by atoms with van der Waals surface area (Å²) in [6, 6.07) is 5.27. The van der Waals surface area contributed by atoms with Gasteiger partial charge in [-0.1, -0.05) is 6.08 Å². The van der Waals surface area contributed by atoms with Crippen LogP contribution in [0.2, 0.25) is 0 Å². The average molecular weight is 358 g/mol. The Kier molecular flexibility index (Phi) is 3.63. The van der Waals surface area contributed by atoms with E-state index < -0.39 is 0 Å². The van der Waals surface area contributed by atoms with E-state index in [0.717, 1.165) is 48.0 Å². The van der Waals surface area contributed by atoms with E-state index in [1.165, 1.54) is 5.57 Å². The summed E-state index contributed by atoms with van der Waals surface area (Å²) >= 11 is 0. The molecule has 2 amide bonds. The maximum absolute atomic E-state index is 12.5. The molecule has 2 N–H and O–H groups in total. The molecule has 1 unspecified atom stereocenters. The standard InChI is InChI=1S/C21H18N4O2/c26-20(12-5-8-17-19(9-12)23-11-22-17)24-13-6-7-15-14-3-1-2-4-16(14)21(27)25-18(15)10-13/h5-11,15H,1-4H2,(H,22,23)(H,25,27). The van der Waals surface area contributed by atoms with Crippen LogP contribution in [0.5, 0.6) is 0 Å². The van der Waals surface area contributed by atoms with Crippen molar-refractivity contribution >= 4 is 28.6 Å². The van der Waals surface area contributed by atoms with E-state index in [4.69, 9.17) is 0 Å². The van der Waals surface area contributed by atoms with Crippen LogP contribution in [0.1, 0.15) is 36.0 Å². The van der Waals surface area contributed by atoms with E-state index >= 15 is 0 Å². The van der Waals surface area contributed by atoms with Gasteiger partial charge in [0, 0.05) is 22.8 Å². The number of rotatable bonds is 1. The van der Waals surface area contributed by atoms with Gasteiger partial charge in [-0.3, -0.25) is 9.59 Å². The molecular weight excluding hydrogens is 340 g/mol. The molecule has 1 atom stereocenters. The lowest BCUT2D eigenvalue weighted by Gasteiger charge is -2.33. The molecule has 2 heterocycles. The lowest BCUT2D eigenvalue weighted by molar-refractivity contribution is -0.117. The number of nitrogens with one attached hydrogen (secondary N) is 2. The van der Waals surface area contributed by atoms with Gasteiger partial charge in [0.05, 0.1) is 23.1 Å². The van der Waals surface area contributed by atoms with Gasteiger partial charge < -0.3 is 10.3 Å². The smallest absolute Gasteiger partial charge is 0.277 e. The zero-order valence-corrected chi connectivity index (χ0v) is 14.7. The molecule has 1 aliphatic heterocycles. The molecule has 0 bridgehead atoms. The second-order valence-electron chi connectivity index (χ2n) is 7.08. The van der Waals surface area contributed by atoms with E-state index in [1.807, 2.05) is 18.2 Å². The number of nitrogens with zero attached hydrogens (tertiary/aromatic N) is 2. The summed E-state index contributed by atoms with van der Waals surface area (Å²) in [4.78, 5) is 36.3. The first-order valence-electron chi connectivity index (χ1n) is 9.18. The van der Waals surface area contributed by atoms with Crippen molar-refractivity contribution in [2.24, 2.45) is 10.9 Å². The van der Waals surface area contributed by atoms with Crippen molar-refractivity contribution in [2.75, 3.05) is 0 Å². The summed E-state index contributed by atoms with van der Waals surface area (Å²) in [5.74, 6) is -0.215. The number of imidazole rings is 1. The van der Waals surface area contributed by atoms with E-state index in [2.05, 4.69) is 20.3 Å². The summed E-state index contributed by atoms with van der Waals surface area (Å²) in [6.07, 6.45) is 11.3. The van der Waals surface area contributed by atoms with Gasteiger partial charge in [-0.15, -0.1) is 0 Å². The number of hydrogen-bond donors (Lipinski definition) is 2. The molecule has 3 aliphatic rings. The molecule has 6 heteroatoms. The first-order valence-corrected chi connectivity index (χ1v) is 9.18. The molecule has 0 spiro atoms. The normalized spacial score (nSPS) is 23.1. The van der Waals surface area contributed by atoms with Gasteiger partial charge in [0.2, 0.25) is 0 Å². The highest BCUT2D eigenvalue weighted by Crippen LogP contribution is 2.38. The summed E-state index contributed by atoms with van der Waals surface area (Å²) in [5.41, 5.74) is 5.64. The number of aromatic nitrogens is 2. The first kappa shape index (κ1) is 15.9. The molecule has 0 saturated heterocycles. The molecule has 1 aromatic heterocycles. The third-order valence-corrected chi connectivity index (χ3v) is 5.41. The monoisotopic (exact) mass is 358 g/mol. The van der Waals surface area contributed by atoms with Crippen molar-refractivity contribution in [3.8, 4) is 0 Å². The molecule has 0 radical (unpaired) electrons. The Balaban J connectivity index is 1.45.